The zero-order valence-corrected chi connectivity index (χ0v) is 11.2. The maximum atomic E-state index is 6.21. The summed E-state index contributed by atoms with van der Waals surface area (Å²) in [5.74, 6) is 0.573. The molecule has 2 aliphatic rings. The largest absolute Gasteiger partial charge is 0.370 e. The molecule has 1 heterocycles. The summed E-state index contributed by atoms with van der Waals surface area (Å²) in [4.78, 5) is 0. The molecule has 18 heavy (non-hydrogen) atoms. The maximum Gasteiger partial charge on any atom is 0.0898 e. The molecule has 3 rings (SSSR count). The lowest BCUT2D eigenvalue weighted by Gasteiger charge is -2.34. The summed E-state index contributed by atoms with van der Waals surface area (Å²) in [5, 5.41) is 0. The number of ether oxygens (including phenoxy) is 1. The molecule has 1 aromatic carbocycles. The van der Waals surface area contributed by atoms with E-state index in [0.717, 1.165) is 6.61 Å². The van der Waals surface area contributed by atoms with Crippen LogP contribution in [0.2, 0.25) is 0 Å². The molecule has 1 aromatic rings. The highest BCUT2D eigenvalue weighted by atomic mass is 16.5. The molecule has 1 atom stereocenters. The summed E-state index contributed by atoms with van der Waals surface area (Å²) in [5.41, 5.74) is 2.93. The van der Waals surface area contributed by atoms with Gasteiger partial charge in [0, 0.05) is 5.92 Å². The average Bonchev–Trinajstić information content (AvgIpc) is 2.71. The summed E-state index contributed by atoms with van der Waals surface area (Å²) >= 11 is 0. The molecule has 1 nitrogen and oxygen atoms in total. The Kier molecular flexibility index (Phi) is 3.25. The summed E-state index contributed by atoms with van der Waals surface area (Å²) in [7, 11) is 0. The minimum Gasteiger partial charge on any atom is -0.370 e. The van der Waals surface area contributed by atoms with Crippen molar-refractivity contribution >= 4 is 6.08 Å². The third-order valence-corrected chi connectivity index (χ3v) is 4.45. The third-order valence-electron chi connectivity index (χ3n) is 4.45. The van der Waals surface area contributed by atoms with E-state index in [0.29, 0.717) is 5.92 Å². The highest BCUT2D eigenvalue weighted by Gasteiger charge is 2.43. The number of benzene rings is 1. The van der Waals surface area contributed by atoms with Gasteiger partial charge >= 0.3 is 0 Å². The first-order chi connectivity index (χ1) is 8.80. The van der Waals surface area contributed by atoms with Crippen LogP contribution < -0.4 is 0 Å². The first-order valence-electron chi connectivity index (χ1n) is 7.21. The van der Waals surface area contributed by atoms with E-state index in [1.54, 1.807) is 0 Å². The quantitative estimate of drug-likeness (QED) is 0.707. The lowest BCUT2D eigenvalue weighted by Crippen LogP contribution is -2.32. The fraction of sp³-hybridized carbons (Fsp3) is 0.529. The van der Waals surface area contributed by atoms with Crippen LogP contribution in [0.4, 0.5) is 0 Å². The Morgan fingerprint density at radius 2 is 1.83 bits per heavy atom. The molecule has 1 aliphatic heterocycles. The maximum absolute atomic E-state index is 6.21. The molecule has 1 saturated heterocycles. The van der Waals surface area contributed by atoms with Crippen LogP contribution in [-0.4, -0.2) is 12.2 Å². The molecule has 0 bridgehead atoms. The van der Waals surface area contributed by atoms with Crippen molar-refractivity contribution in [3.63, 3.8) is 0 Å². The molecule has 1 spiro atoms. The van der Waals surface area contributed by atoms with Gasteiger partial charge in [0.05, 0.1) is 12.2 Å². The molecule has 0 N–H and O–H groups in total. The standard InChI is InChI=1S/C17H22O/c1-14-13-18-17(10-6-3-7-11-17)16(14)12-15-8-4-2-5-9-15/h2,4-5,8-9,12,14H,3,6-7,10-11,13H2,1H3/b16-12-. The highest BCUT2D eigenvalue weighted by Crippen LogP contribution is 2.46. The van der Waals surface area contributed by atoms with Crippen molar-refractivity contribution in [1.82, 2.24) is 0 Å². The Morgan fingerprint density at radius 1 is 1.11 bits per heavy atom. The normalized spacial score (nSPS) is 28.9. The van der Waals surface area contributed by atoms with Crippen LogP contribution in [0.5, 0.6) is 0 Å². The van der Waals surface area contributed by atoms with Crippen LogP contribution in [0.25, 0.3) is 6.08 Å². The van der Waals surface area contributed by atoms with E-state index in [-0.39, 0.29) is 5.60 Å². The van der Waals surface area contributed by atoms with Crippen molar-refractivity contribution in [2.75, 3.05) is 6.61 Å². The average molecular weight is 242 g/mol. The van der Waals surface area contributed by atoms with E-state index in [1.807, 2.05) is 0 Å². The fourth-order valence-electron chi connectivity index (χ4n) is 3.47. The van der Waals surface area contributed by atoms with Crippen molar-refractivity contribution in [2.45, 2.75) is 44.6 Å². The van der Waals surface area contributed by atoms with Gasteiger partial charge in [0.2, 0.25) is 0 Å². The second-order valence-corrected chi connectivity index (χ2v) is 5.78. The van der Waals surface area contributed by atoms with Gasteiger partial charge in [-0.25, -0.2) is 0 Å². The van der Waals surface area contributed by atoms with Crippen molar-refractivity contribution in [1.29, 1.82) is 0 Å². The van der Waals surface area contributed by atoms with E-state index in [2.05, 4.69) is 43.3 Å². The van der Waals surface area contributed by atoms with Gasteiger partial charge in [-0.3, -0.25) is 0 Å². The summed E-state index contributed by atoms with van der Waals surface area (Å²) in [6.45, 7) is 3.21. The number of rotatable bonds is 1. The van der Waals surface area contributed by atoms with Gasteiger partial charge in [-0.2, -0.15) is 0 Å². The Hall–Kier alpha value is -1.08. The molecule has 1 unspecified atom stereocenters. The first kappa shape index (κ1) is 12.0. The topological polar surface area (TPSA) is 9.23 Å². The zero-order chi connectivity index (χ0) is 12.4. The minimum absolute atomic E-state index is 0.0769. The molecule has 2 fully saturated rings. The molecular weight excluding hydrogens is 220 g/mol. The van der Waals surface area contributed by atoms with E-state index in [1.165, 1.54) is 43.2 Å². The number of hydrogen-bond donors (Lipinski definition) is 0. The van der Waals surface area contributed by atoms with Gasteiger partial charge in [-0.05, 0) is 24.0 Å². The predicted octanol–water partition coefficient (Wildman–Crippen LogP) is 4.44. The summed E-state index contributed by atoms with van der Waals surface area (Å²) in [6.07, 6.45) is 8.82. The van der Waals surface area contributed by atoms with Crippen molar-refractivity contribution in [3.05, 3.63) is 41.5 Å². The Balaban J connectivity index is 1.94. The van der Waals surface area contributed by atoms with Crippen molar-refractivity contribution in [2.24, 2.45) is 5.92 Å². The van der Waals surface area contributed by atoms with Crippen molar-refractivity contribution < 1.29 is 4.74 Å². The van der Waals surface area contributed by atoms with Crippen molar-refractivity contribution in [3.8, 4) is 0 Å². The lowest BCUT2D eigenvalue weighted by atomic mass is 9.76. The zero-order valence-electron chi connectivity index (χ0n) is 11.2. The van der Waals surface area contributed by atoms with Crippen LogP contribution in [-0.2, 0) is 4.74 Å². The van der Waals surface area contributed by atoms with Crippen LogP contribution in [0, 0.1) is 5.92 Å². The predicted molar refractivity (Wildman–Crippen MR) is 75.4 cm³/mol. The fourth-order valence-corrected chi connectivity index (χ4v) is 3.47. The van der Waals surface area contributed by atoms with Crippen LogP contribution in [0.1, 0.15) is 44.6 Å². The van der Waals surface area contributed by atoms with Gasteiger partial charge in [0.25, 0.3) is 0 Å². The van der Waals surface area contributed by atoms with Gasteiger partial charge in [-0.1, -0.05) is 62.6 Å². The molecule has 96 valence electrons. The van der Waals surface area contributed by atoms with Gasteiger partial charge in [-0.15, -0.1) is 0 Å². The van der Waals surface area contributed by atoms with E-state index in [4.69, 9.17) is 4.74 Å². The first-order valence-corrected chi connectivity index (χ1v) is 7.21. The van der Waals surface area contributed by atoms with Crippen LogP contribution in [0.3, 0.4) is 0 Å². The smallest absolute Gasteiger partial charge is 0.0898 e. The second-order valence-electron chi connectivity index (χ2n) is 5.78. The lowest BCUT2D eigenvalue weighted by molar-refractivity contribution is -0.00573. The summed E-state index contributed by atoms with van der Waals surface area (Å²) < 4.78 is 6.21. The monoisotopic (exact) mass is 242 g/mol. The SMILES string of the molecule is CC1COC2(CCCCC2)/C1=C\c1ccccc1. The third kappa shape index (κ3) is 2.12. The van der Waals surface area contributed by atoms with E-state index < -0.39 is 0 Å². The molecule has 0 amide bonds. The molecule has 1 aliphatic carbocycles. The highest BCUT2D eigenvalue weighted by molar-refractivity contribution is 5.56. The molecule has 0 aromatic heterocycles. The molecule has 1 saturated carbocycles. The van der Waals surface area contributed by atoms with Gasteiger partial charge in [0.1, 0.15) is 0 Å². The number of hydrogen-bond acceptors (Lipinski definition) is 1. The van der Waals surface area contributed by atoms with E-state index in [9.17, 15) is 0 Å². The van der Waals surface area contributed by atoms with Crippen LogP contribution >= 0.6 is 0 Å². The minimum atomic E-state index is 0.0769. The second kappa shape index (κ2) is 4.89. The van der Waals surface area contributed by atoms with Gasteiger partial charge < -0.3 is 4.74 Å². The Bertz CT molecular complexity index is 421. The van der Waals surface area contributed by atoms with E-state index >= 15 is 0 Å². The van der Waals surface area contributed by atoms with Crippen LogP contribution in [0.15, 0.2) is 35.9 Å². The van der Waals surface area contributed by atoms with Gasteiger partial charge in [0.15, 0.2) is 0 Å². The Morgan fingerprint density at radius 3 is 2.56 bits per heavy atom. The molecular formula is C17H22O. The summed E-state index contributed by atoms with van der Waals surface area (Å²) in [6, 6.07) is 10.7. The molecule has 1 heteroatoms. The Labute approximate surface area is 110 Å². The molecule has 0 radical (unpaired) electrons.